The molecule has 0 radical (unpaired) electrons. The van der Waals surface area contributed by atoms with Gasteiger partial charge in [-0.3, -0.25) is 4.79 Å². The van der Waals surface area contributed by atoms with Crippen LogP contribution in [0.2, 0.25) is 0 Å². The fraction of sp³-hybridized carbons (Fsp3) is 0.292. The lowest BCUT2D eigenvalue weighted by molar-refractivity contribution is 0.0745. The molecule has 2 heterocycles. The molecule has 172 valence electrons. The number of benzene rings is 2. The first-order valence-electron chi connectivity index (χ1n) is 10.6. The van der Waals surface area contributed by atoms with Crippen molar-refractivity contribution in [3.05, 3.63) is 64.3 Å². The SMILES string of the molecule is COc1ccc(Nc2cc(C)nc(N3CCN(C(=O)c4cc(OC)ccc4Br)CC3)n2)cc1. The Bertz CT molecular complexity index is 1130. The largest absolute Gasteiger partial charge is 0.497 e. The predicted octanol–water partition coefficient (Wildman–Crippen LogP) is 4.27. The summed E-state index contributed by atoms with van der Waals surface area (Å²) in [6.07, 6.45) is 0. The number of aryl methyl sites for hydroxylation is 1. The third kappa shape index (κ3) is 5.36. The Morgan fingerprint density at radius 3 is 2.27 bits per heavy atom. The van der Waals surface area contributed by atoms with Crippen molar-refractivity contribution in [1.82, 2.24) is 14.9 Å². The number of aromatic nitrogens is 2. The van der Waals surface area contributed by atoms with Gasteiger partial charge in [0.2, 0.25) is 5.95 Å². The van der Waals surface area contributed by atoms with Crippen molar-refractivity contribution in [2.24, 2.45) is 0 Å². The summed E-state index contributed by atoms with van der Waals surface area (Å²) < 4.78 is 11.2. The molecule has 33 heavy (non-hydrogen) atoms. The van der Waals surface area contributed by atoms with Crippen molar-refractivity contribution in [3.63, 3.8) is 0 Å². The highest BCUT2D eigenvalue weighted by Gasteiger charge is 2.25. The monoisotopic (exact) mass is 511 g/mol. The van der Waals surface area contributed by atoms with Gasteiger partial charge < -0.3 is 24.6 Å². The number of methoxy groups -OCH3 is 2. The molecule has 1 aromatic heterocycles. The second-order valence-electron chi connectivity index (χ2n) is 7.67. The van der Waals surface area contributed by atoms with Gasteiger partial charge in [-0.1, -0.05) is 0 Å². The molecule has 1 fully saturated rings. The maximum atomic E-state index is 13.1. The molecule has 1 N–H and O–H groups in total. The van der Waals surface area contributed by atoms with Crippen molar-refractivity contribution in [2.45, 2.75) is 6.92 Å². The fourth-order valence-electron chi connectivity index (χ4n) is 3.66. The van der Waals surface area contributed by atoms with E-state index in [9.17, 15) is 4.79 Å². The number of hydrogen-bond donors (Lipinski definition) is 1. The summed E-state index contributed by atoms with van der Waals surface area (Å²) in [4.78, 5) is 26.3. The van der Waals surface area contributed by atoms with E-state index in [-0.39, 0.29) is 5.91 Å². The summed E-state index contributed by atoms with van der Waals surface area (Å²) in [7, 11) is 3.24. The number of piperazine rings is 1. The second-order valence-corrected chi connectivity index (χ2v) is 8.53. The Morgan fingerprint density at radius 1 is 0.939 bits per heavy atom. The Kier molecular flexibility index (Phi) is 6.98. The number of nitrogens with zero attached hydrogens (tertiary/aromatic N) is 4. The molecule has 0 bridgehead atoms. The first-order valence-corrected chi connectivity index (χ1v) is 11.4. The van der Waals surface area contributed by atoms with E-state index in [1.807, 2.05) is 54.3 Å². The summed E-state index contributed by atoms with van der Waals surface area (Å²) >= 11 is 3.48. The van der Waals surface area contributed by atoms with E-state index < -0.39 is 0 Å². The zero-order valence-corrected chi connectivity index (χ0v) is 20.4. The van der Waals surface area contributed by atoms with Crippen molar-refractivity contribution in [3.8, 4) is 11.5 Å². The molecule has 0 saturated carbocycles. The second kappa shape index (κ2) is 10.1. The lowest BCUT2D eigenvalue weighted by Gasteiger charge is -2.35. The zero-order valence-electron chi connectivity index (χ0n) is 18.8. The average molecular weight is 512 g/mol. The quantitative estimate of drug-likeness (QED) is 0.529. The van der Waals surface area contributed by atoms with Gasteiger partial charge in [-0.15, -0.1) is 0 Å². The van der Waals surface area contributed by atoms with Gasteiger partial charge in [0.15, 0.2) is 0 Å². The van der Waals surface area contributed by atoms with E-state index in [2.05, 4.69) is 31.1 Å². The van der Waals surface area contributed by atoms with Crippen LogP contribution in [0.15, 0.2) is 53.0 Å². The van der Waals surface area contributed by atoms with E-state index >= 15 is 0 Å². The summed E-state index contributed by atoms with van der Waals surface area (Å²) in [6, 6.07) is 15.0. The minimum absolute atomic E-state index is 0.0209. The average Bonchev–Trinajstić information content (AvgIpc) is 2.84. The molecule has 2 aromatic carbocycles. The molecule has 9 heteroatoms. The highest BCUT2D eigenvalue weighted by molar-refractivity contribution is 9.10. The zero-order chi connectivity index (χ0) is 23.4. The summed E-state index contributed by atoms with van der Waals surface area (Å²) in [5.74, 6) is 2.81. The maximum Gasteiger partial charge on any atom is 0.255 e. The van der Waals surface area contributed by atoms with E-state index in [1.54, 1.807) is 20.3 Å². The smallest absolute Gasteiger partial charge is 0.255 e. The van der Waals surface area contributed by atoms with Crippen LogP contribution in [-0.2, 0) is 0 Å². The number of rotatable bonds is 6. The van der Waals surface area contributed by atoms with Gasteiger partial charge in [0.05, 0.1) is 19.8 Å². The number of amides is 1. The predicted molar refractivity (Wildman–Crippen MR) is 132 cm³/mol. The van der Waals surface area contributed by atoms with Crippen LogP contribution in [0.5, 0.6) is 11.5 Å². The van der Waals surface area contributed by atoms with Gasteiger partial charge >= 0.3 is 0 Å². The standard InChI is InChI=1S/C24H26BrN5O3/c1-16-14-22(27-17-4-6-18(32-2)7-5-17)28-24(26-16)30-12-10-29(11-13-30)23(31)20-15-19(33-3)8-9-21(20)25/h4-9,14-15H,10-13H2,1-3H3,(H,26,27,28). The number of halogens is 1. The van der Waals surface area contributed by atoms with E-state index in [0.717, 1.165) is 27.4 Å². The van der Waals surface area contributed by atoms with Crippen LogP contribution in [-0.4, -0.2) is 61.2 Å². The molecule has 0 atom stereocenters. The lowest BCUT2D eigenvalue weighted by Crippen LogP contribution is -2.49. The first kappa shape index (κ1) is 22.8. The van der Waals surface area contributed by atoms with Crippen LogP contribution in [0, 0.1) is 6.92 Å². The summed E-state index contributed by atoms with van der Waals surface area (Å²) in [6.45, 7) is 4.42. The Hall–Kier alpha value is -3.33. The van der Waals surface area contributed by atoms with Gasteiger partial charge in [0.25, 0.3) is 5.91 Å². The van der Waals surface area contributed by atoms with Crippen LogP contribution < -0.4 is 19.7 Å². The van der Waals surface area contributed by atoms with E-state index in [0.29, 0.717) is 43.4 Å². The van der Waals surface area contributed by atoms with Gasteiger partial charge in [-0.2, -0.15) is 4.98 Å². The molecule has 3 aromatic rings. The van der Waals surface area contributed by atoms with Gasteiger partial charge in [0, 0.05) is 48.1 Å². The molecule has 1 amide bonds. The molecule has 1 aliphatic heterocycles. The van der Waals surface area contributed by atoms with Crippen LogP contribution in [0.1, 0.15) is 16.1 Å². The molecule has 1 aliphatic rings. The Balaban J connectivity index is 1.43. The van der Waals surface area contributed by atoms with Crippen molar-refractivity contribution < 1.29 is 14.3 Å². The topological polar surface area (TPSA) is 79.8 Å². The summed E-state index contributed by atoms with van der Waals surface area (Å²) in [5, 5.41) is 3.33. The Morgan fingerprint density at radius 2 is 1.61 bits per heavy atom. The van der Waals surface area contributed by atoms with E-state index in [4.69, 9.17) is 14.5 Å². The van der Waals surface area contributed by atoms with Gasteiger partial charge in [-0.25, -0.2) is 4.98 Å². The minimum Gasteiger partial charge on any atom is -0.497 e. The third-order valence-corrected chi connectivity index (χ3v) is 6.15. The van der Waals surface area contributed by atoms with Crippen LogP contribution >= 0.6 is 15.9 Å². The molecule has 0 unspecified atom stereocenters. The molecule has 8 nitrogen and oxygen atoms in total. The lowest BCUT2D eigenvalue weighted by atomic mass is 10.1. The van der Waals surface area contributed by atoms with Crippen LogP contribution in [0.4, 0.5) is 17.5 Å². The number of carbonyl (C=O) groups excluding carboxylic acids is 1. The summed E-state index contributed by atoms with van der Waals surface area (Å²) in [5.41, 5.74) is 2.38. The molecule has 4 rings (SSSR count). The van der Waals surface area contributed by atoms with Crippen LogP contribution in [0.25, 0.3) is 0 Å². The molecule has 0 spiro atoms. The maximum absolute atomic E-state index is 13.1. The van der Waals surface area contributed by atoms with Gasteiger partial charge in [0.1, 0.15) is 17.3 Å². The number of nitrogens with one attached hydrogen (secondary N) is 1. The van der Waals surface area contributed by atoms with Gasteiger partial charge in [-0.05, 0) is 65.3 Å². The highest BCUT2D eigenvalue weighted by Crippen LogP contribution is 2.25. The molecular formula is C24H26BrN5O3. The number of ether oxygens (including phenoxy) is 2. The number of carbonyl (C=O) groups is 1. The van der Waals surface area contributed by atoms with E-state index in [1.165, 1.54) is 0 Å². The normalized spacial score (nSPS) is 13.6. The fourth-order valence-corrected chi connectivity index (χ4v) is 4.07. The third-order valence-electron chi connectivity index (χ3n) is 5.46. The van der Waals surface area contributed by atoms with Crippen molar-refractivity contribution in [2.75, 3.05) is 50.6 Å². The number of hydrogen-bond acceptors (Lipinski definition) is 7. The van der Waals surface area contributed by atoms with Crippen molar-refractivity contribution >= 4 is 39.3 Å². The molecule has 1 saturated heterocycles. The molecule has 0 aliphatic carbocycles. The van der Waals surface area contributed by atoms with Crippen molar-refractivity contribution in [1.29, 1.82) is 0 Å². The minimum atomic E-state index is -0.0209. The first-order chi connectivity index (χ1) is 16.0. The van der Waals surface area contributed by atoms with Crippen LogP contribution in [0.3, 0.4) is 0 Å². The Labute approximate surface area is 201 Å². The number of anilines is 3. The highest BCUT2D eigenvalue weighted by atomic mass is 79.9. The molecular weight excluding hydrogens is 486 g/mol.